The predicted octanol–water partition coefficient (Wildman–Crippen LogP) is 2.18. The zero-order chi connectivity index (χ0) is 26.4. The van der Waals surface area contributed by atoms with Crippen molar-refractivity contribution in [2.75, 3.05) is 53.7 Å². The zero-order valence-electron chi connectivity index (χ0n) is 21.8. The Balaban J connectivity index is 1.51. The Morgan fingerprint density at radius 3 is 2.49 bits per heavy atom. The Kier molecular flexibility index (Phi) is 8.25. The number of carbonyl (C=O) groups excluding carboxylic acids is 1. The summed E-state index contributed by atoms with van der Waals surface area (Å²) in [7, 11) is 7.15. The molecule has 0 aliphatic carbocycles. The molecule has 194 valence electrons. The number of hydrogen-bond donors (Lipinski definition) is 1. The molecule has 0 unspecified atom stereocenters. The van der Waals surface area contributed by atoms with Crippen molar-refractivity contribution in [2.24, 2.45) is 5.92 Å². The van der Waals surface area contributed by atoms with Crippen LogP contribution in [-0.4, -0.2) is 83.4 Å². The number of rotatable bonds is 7. The van der Waals surface area contributed by atoms with E-state index in [0.29, 0.717) is 46.5 Å². The largest absolute Gasteiger partial charge is 0.497 e. The second-order valence-corrected chi connectivity index (χ2v) is 9.27. The Morgan fingerprint density at radius 2 is 1.84 bits per heavy atom. The van der Waals surface area contributed by atoms with Crippen LogP contribution in [0.3, 0.4) is 0 Å². The van der Waals surface area contributed by atoms with Gasteiger partial charge in [0.15, 0.2) is 5.65 Å². The lowest BCUT2D eigenvalue weighted by Gasteiger charge is -2.31. The fourth-order valence-electron chi connectivity index (χ4n) is 4.31. The van der Waals surface area contributed by atoms with E-state index in [0.717, 1.165) is 38.0 Å². The van der Waals surface area contributed by atoms with E-state index in [2.05, 4.69) is 21.8 Å². The summed E-state index contributed by atoms with van der Waals surface area (Å²) in [6, 6.07) is 5.46. The summed E-state index contributed by atoms with van der Waals surface area (Å²) < 4.78 is 12.5. The molecule has 2 N–H and O–H groups in total. The van der Waals surface area contributed by atoms with Crippen molar-refractivity contribution >= 4 is 22.8 Å². The Bertz CT molecular complexity index is 1320. The molecule has 10 nitrogen and oxygen atoms in total. The highest BCUT2D eigenvalue weighted by Crippen LogP contribution is 2.26. The van der Waals surface area contributed by atoms with E-state index in [9.17, 15) is 4.79 Å². The molecule has 1 fully saturated rings. The number of carbonyl (C=O) groups is 1. The van der Waals surface area contributed by atoms with Crippen molar-refractivity contribution < 1.29 is 14.3 Å². The van der Waals surface area contributed by atoms with Crippen molar-refractivity contribution in [3.8, 4) is 23.3 Å². The molecule has 3 aromatic rings. The number of nitrogens with zero attached hydrogens (tertiary/aromatic N) is 6. The quantitative estimate of drug-likeness (QED) is 0.386. The van der Waals surface area contributed by atoms with Gasteiger partial charge in [-0.15, -0.1) is 0 Å². The lowest BCUT2D eigenvalue weighted by molar-refractivity contribution is -0.127. The minimum Gasteiger partial charge on any atom is -0.497 e. The first-order chi connectivity index (χ1) is 17.9. The average molecular weight is 504 g/mol. The molecule has 2 aromatic heterocycles. The molecule has 0 radical (unpaired) electrons. The highest BCUT2D eigenvalue weighted by Gasteiger charge is 2.24. The summed E-state index contributed by atoms with van der Waals surface area (Å²) in [5.41, 5.74) is 8.12. The Hall–Kier alpha value is -4.10. The van der Waals surface area contributed by atoms with Crippen molar-refractivity contribution in [2.45, 2.75) is 19.4 Å². The number of methoxy groups -OCH3 is 2. The third-order valence-electron chi connectivity index (χ3n) is 6.32. The Morgan fingerprint density at radius 1 is 1.14 bits per heavy atom. The first-order valence-corrected chi connectivity index (χ1v) is 12.2. The van der Waals surface area contributed by atoms with Crippen LogP contribution in [0.5, 0.6) is 11.5 Å². The molecule has 37 heavy (non-hydrogen) atoms. The van der Waals surface area contributed by atoms with Gasteiger partial charge in [-0.2, -0.15) is 5.10 Å². The molecule has 4 rings (SSSR count). The van der Waals surface area contributed by atoms with E-state index >= 15 is 0 Å². The molecule has 0 spiro atoms. The van der Waals surface area contributed by atoms with Crippen molar-refractivity contribution in [1.82, 2.24) is 29.5 Å². The molecule has 0 saturated carbocycles. The molecule has 1 aliphatic heterocycles. The summed E-state index contributed by atoms with van der Waals surface area (Å²) in [6.45, 7) is 2.85. The van der Waals surface area contributed by atoms with Crippen molar-refractivity contribution in [3.05, 3.63) is 47.9 Å². The van der Waals surface area contributed by atoms with Gasteiger partial charge in [0.05, 0.1) is 19.6 Å². The minimum absolute atomic E-state index is 0.0667. The molecular formula is C27H33N7O3. The van der Waals surface area contributed by atoms with Crippen molar-refractivity contribution in [3.63, 3.8) is 0 Å². The predicted molar refractivity (Wildman–Crippen MR) is 142 cm³/mol. The van der Waals surface area contributed by atoms with Gasteiger partial charge in [0.25, 0.3) is 0 Å². The third kappa shape index (κ3) is 6.37. The molecule has 0 atom stereocenters. The smallest absolute Gasteiger partial charge is 0.246 e. The molecular weight excluding hydrogens is 470 g/mol. The standard InChI is InChI=1S/C27H33N7O3/c1-32(2)11-5-6-24(35)33-12-9-19(10-13-33)17-34-27-25(26(28)29-18-30-27)23(31-34)8-7-20-14-21(36-3)16-22(15-20)37-4/h5-6,14-16,18-19H,9-13,17H2,1-4H3,(H2,28,29,30). The van der Waals surface area contributed by atoms with Gasteiger partial charge in [0, 0.05) is 43.9 Å². The summed E-state index contributed by atoms with van der Waals surface area (Å²) in [5.74, 6) is 8.35. The van der Waals surface area contributed by atoms with Crippen LogP contribution in [-0.2, 0) is 11.3 Å². The summed E-state index contributed by atoms with van der Waals surface area (Å²) in [5, 5.41) is 5.40. The van der Waals surface area contributed by atoms with E-state index in [-0.39, 0.29) is 5.91 Å². The molecule has 0 bridgehead atoms. The van der Waals surface area contributed by atoms with Crippen LogP contribution in [0.25, 0.3) is 11.0 Å². The highest BCUT2D eigenvalue weighted by atomic mass is 16.5. The number of nitrogens with two attached hydrogens (primary N) is 1. The number of amides is 1. The lowest BCUT2D eigenvalue weighted by Crippen LogP contribution is -2.38. The van der Waals surface area contributed by atoms with Crippen molar-refractivity contribution in [1.29, 1.82) is 0 Å². The number of ether oxygens (including phenoxy) is 2. The second-order valence-electron chi connectivity index (χ2n) is 9.27. The normalized spacial score (nSPS) is 14.2. The Labute approximate surface area is 217 Å². The van der Waals surface area contributed by atoms with Crippen LogP contribution < -0.4 is 15.2 Å². The number of likely N-dealkylation sites (N-methyl/N-ethyl adjacent to an activating group) is 1. The van der Waals surface area contributed by atoms with E-state index in [1.165, 1.54) is 6.33 Å². The fraction of sp³-hybridized carbons (Fsp3) is 0.407. The summed E-state index contributed by atoms with van der Waals surface area (Å²) in [6.07, 6.45) is 6.80. The molecule has 1 saturated heterocycles. The summed E-state index contributed by atoms with van der Waals surface area (Å²) >= 11 is 0. The van der Waals surface area contributed by atoms with Gasteiger partial charge in [-0.1, -0.05) is 12.0 Å². The monoisotopic (exact) mass is 503 g/mol. The van der Waals surface area contributed by atoms with Gasteiger partial charge in [0.2, 0.25) is 5.91 Å². The number of piperidine rings is 1. The number of benzene rings is 1. The van der Waals surface area contributed by atoms with Crippen LogP contribution in [0.2, 0.25) is 0 Å². The molecule has 1 amide bonds. The van der Waals surface area contributed by atoms with E-state index < -0.39 is 0 Å². The average Bonchev–Trinajstić information content (AvgIpc) is 3.25. The number of aromatic nitrogens is 4. The SMILES string of the molecule is COc1cc(C#Cc2nn(CC3CCN(C(=O)C=CCN(C)C)CC3)c3ncnc(N)c23)cc(OC)c1. The number of likely N-dealkylation sites (tertiary alicyclic amines) is 1. The maximum atomic E-state index is 12.5. The highest BCUT2D eigenvalue weighted by molar-refractivity contribution is 5.90. The zero-order valence-corrected chi connectivity index (χ0v) is 21.8. The first-order valence-electron chi connectivity index (χ1n) is 12.2. The van der Waals surface area contributed by atoms with Gasteiger partial charge in [-0.05, 0) is 50.9 Å². The maximum Gasteiger partial charge on any atom is 0.246 e. The lowest BCUT2D eigenvalue weighted by atomic mass is 9.97. The van der Waals surface area contributed by atoms with Crippen LogP contribution in [0.15, 0.2) is 36.7 Å². The van der Waals surface area contributed by atoms with E-state index in [1.807, 2.05) is 46.8 Å². The van der Waals surface area contributed by atoms with E-state index in [1.54, 1.807) is 26.4 Å². The second kappa shape index (κ2) is 11.8. The fourth-order valence-corrected chi connectivity index (χ4v) is 4.31. The number of hydrogen-bond acceptors (Lipinski definition) is 8. The van der Waals surface area contributed by atoms with Gasteiger partial charge < -0.3 is 25.0 Å². The van der Waals surface area contributed by atoms with Crippen LogP contribution in [0, 0.1) is 17.8 Å². The number of anilines is 1. The first kappa shape index (κ1) is 26.0. The number of fused-ring (bicyclic) bond motifs is 1. The number of nitrogen functional groups attached to an aromatic ring is 1. The summed E-state index contributed by atoms with van der Waals surface area (Å²) in [4.78, 5) is 25.0. The minimum atomic E-state index is 0.0667. The van der Waals surface area contributed by atoms with Gasteiger partial charge in [0.1, 0.15) is 29.3 Å². The van der Waals surface area contributed by atoms with E-state index in [4.69, 9.17) is 20.3 Å². The van der Waals surface area contributed by atoms with Gasteiger partial charge in [-0.3, -0.25) is 4.79 Å². The molecule has 10 heteroatoms. The topological polar surface area (TPSA) is 112 Å². The maximum absolute atomic E-state index is 12.5. The third-order valence-corrected chi connectivity index (χ3v) is 6.32. The van der Waals surface area contributed by atoms with Gasteiger partial charge in [-0.25, -0.2) is 14.6 Å². The molecule has 1 aromatic carbocycles. The molecule has 1 aliphatic rings. The van der Waals surface area contributed by atoms with Gasteiger partial charge >= 0.3 is 0 Å². The van der Waals surface area contributed by atoms with Crippen LogP contribution in [0.4, 0.5) is 5.82 Å². The van der Waals surface area contributed by atoms with Crippen LogP contribution in [0.1, 0.15) is 24.1 Å². The molecule has 3 heterocycles. The van der Waals surface area contributed by atoms with Crippen LogP contribution >= 0.6 is 0 Å².